The number of halogens is 1. The van der Waals surface area contributed by atoms with E-state index in [1.807, 2.05) is 19.2 Å². The van der Waals surface area contributed by atoms with E-state index in [-0.39, 0.29) is 45.9 Å². The highest BCUT2D eigenvalue weighted by Crippen LogP contribution is 2.25. The number of pyridine rings is 1. The number of carboxylic acid groups (broad SMARTS) is 1. The van der Waals surface area contributed by atoms with Crippen molar-refractivity contribution in [2.24, 2.45) is 0 Å². The molecular formula is C24H32ClN5O5. The number of anilines is 1. The molecule has 35 heavy (non-hydrogen) atoms. The first-order valence-electron chi connectivity index (χ1n) is 11.3. The molecule has 10 nitrogen and oxygen atoms in total. The maximum Gasteiger partial charge on any atom is 0.335 e. The Bertz CT molecular complexity index is 1040. The topological polar surface area (TPSA) is 130 Å². The lowest BCUT2D eigenvalue weighted by molar-refractivity contribution is 0.00439. The number of aromatic nitrogens is 1. The molecule has 3 rings (SSSR count). The van der Waals surface area contributed by atoms with E-state index in [2.05, 4.69) is 20.1 Å². The number of nitrogens with zero attached hydrogens (tertiary/aromatic N) is 3. The summed E-state index contributed by atoms with van der Waals surface area (Å²) in [5, 5.41) is 12.2. The van der Waals surface area contributed by atoms with Crippen LogP contribution < -0.4 is 15.8 Å². The number of ether oxygens (including phenoxy) is 2. The molecule has 0 aliphatic carbocycles. The highest BCUT2D eigenvalue weighted by Gasteiger charge is 2.31. The minimum absolute atomic E-state index is 0.102. The molecule has 0 radical (unpaired) electrons. The number of hydrogen-bond donors (Lipinski definition) is 3. The van der Waals surface area contributed by atoms with E-state index >= 15 is 0 Å². The van der Waals surface area contributed by atoms with Crippen LogP contribution in [0.25, 0.3) is 0 Å². The molecule has 2 aromatic rings. The molecule has 1 saturated heterocycles. The smallest absolute Gasteiger partial charge is 0.335 e. The van der Waals surface area contributed by atoms with Crippen LogP contribution in [-0.2, 0) is 11.3 Å². The fourth-order valence-electron chi connectivity index (χ4n) is 4.09. The molecular weight excluding hydrogens is 474 g/mol. The van der Waals surface area contributed by atoms with Crippen LogP contribution in [0.1, 0.15) is 32.7 Å². The molecule has 4 N–H and O–H groups in total. The highest BCUT2D eigenvalue weighted by atomic mass is 35.5. The molecule has 0 saturated carbocycles. The average Bonchev–Trinajstić information content (AvgIpc) is 2.84. The molecule has 1 amide bonds. The van der Waals surface area contributed by atoms with E-state index in [0.717, 1.165) is 38.2 Å². The number of nitrogens with one attached hydrogen (secondary N) is 1. The highest BCUT2D eigenvalue weighted by molar-refractivity contribution is 6.33. The van der Waals surface area contributed by atoms with Crippen LogP contribution in [0.5, 0.6) is 5.88 Å². The summed E-state index contributed by atoms with van der Waals surface area (Å²) < 4.78 is 10.9. The maximum absolute atomic E-state index is 12.9. The molecule has 1 aromatic heterocycles. The van der Waals surface area contributed by atoms with Crippen molar-refractivity contribution in [2.75, 3.05) is 53.2 Å². The number of likely N-dealkylation sites (N-methyl/N-ethyl adjacent to an activating group) is 1. The van der Waals surface area contributed by atoms with Crippen molar-refractivity contribution in [1.29, 1.82) is 0 Å². The number of rotatable bonds is 10. The largest absolute Gasteiger partial charge is 0.480 e. The lowest BCUT2D eigenvalue weighted by Gasteiger charge is -2.38. The number of carbonyl (C=O) groups excluding carboxylic acids is 1. The second-order valence-corrected chi connectivity index (χ2v) is 9.00. The standard InChI is InChI=1S/C24H32ClN5O5/c1-29(13-15-4-6-16(7-5-15)24(32)33)10-11-30-9-8-19(20(14-30)34-2)27-22(31)17-12-18(25)21(26)28-23(17)35-3/h4-7,12,19-20H,8-11,13-14H2,1-3H3,(H2,26,28)(H,27,31)(H,32,33)/t19-,20+/m1/s1. The third kappa shape index (κ3) is 7.04. The zero-order valence-electron chi connectivity index (χ0n) is 20.2. The monoisotopic (exact) mass is 505 g/mol. The summed E-state index contributed by atoms with van der Waals surface area (Å²) in [6, 6.07) is 8.22. The van der Waals surface area contributed by atoms with Crippen molar-refractivity contribution < 1.29 is 24.2 Å². The Morgan fingerprint density at radius 3 is 2.66 bits per heavy atom. The van der Waals surface area contributed by atoms with Gasteiger partial charge in [-0.15, -0.1) is 0 Å². The first-order chi connectivity index (χ1) is 16.7. The van der Waals surface area contributed by atoms with E-state index in [9.17, 15) is 9.59 Å². The van der Waals surface area contributed by atoms with Crippen LogP contribution in [0.4, 0.5) is 5.82 Å². The van der Waals surface area contributed by atoms with Gasteiger partial charge in [0.2, 0.25) is 5.88 Å². The minimum Gasteiger partial charge on any atom is -0.480 e. The Kier molecular flexibility index (Phi) is 9.27. The Balaban J connectivity index is 1.51. The Morgan fingerprint density at radius 2 is 2.03 bits per heavy atom. The molecule has 0 unspecified atom stereocenters. The summed E-state index contributed by atoms with van der Waals surface area (Å²) >= 11 is 6.05. The van der Waals surface area contributed by atoms with Gasteiger partial charge in [0.15, 0.2) is 0 Å². The van der Waals surface area contributed by atoms with Crippen LogP contribution >= 0.6 is 11.6 Å². The minimum atomic E-state index is -0.926. The van der Waals surface area contributed by atoms with Crippen molar-refractivity contribution in [3.8, 4) is 5.88 Å². The summed E-state index contributed by atoms with van der Waals surface area (Å²) in [5.41, 5.74) is 7.28. The molecule has 1 aliphatic rings. The van der Waals surface area contributed by atoms with Crippen molar-refractivity contribution in [1.82, 2.24) is 20.1 Å². The molecule has 1 aliphatic heterocycles. The van der Waals surface area contributed by atoms with Gasteiger partial charge in [-0.2, -0.15) is 4.98 Å². The molecule has 1 fully saturated rings. The quantitative estimate of drug-likeness (QED) is 0.443. The van der Waals surface area contributed by atoms with Gasteiger partial charge < -0.3 is 30.5 Å². The number of carbonyl (C=O) groups is 2. The van der Waals surface area contributed by atoms with Crippen LogP contribution in [0, 0.1) is 0 Å². The van der Waals surface area contributed by atoms with Crippen molar-refractivity contribution in [3.63, 3.8) is 0 Å². The number of likely N-dealkylation sites (tertiary alicyclic amines) is 1. The fraction of sp³-hybridized carbons (Fsp3) is 0.458. The lowest BCUT2D eigenvalue weighted by Crippen LogP contribution is -2.55. The molecule has 0 bridgehead atoms. The van der Waals surface area contributed by atoms with E-state index in [1.54, 1.807) is 19.2 Å². The number of carboxylic acids is 1. The second-order valence-electron chi connectivity index (χ2n) is 8.60. The molecule has 0 spiro atoms. The number of methoxy groups -OCH3 is 2. The SMILES string of the molecule is COc1nc(N)c(Cl)cc1C(=O)N[C@@H]1CCN(CCN(C)Cc2ccc(C(=O)O)cc2)C[C@@H]1OC. The van der Waals surface area contributed by atoms with Gasteiger partial charge in [-0.1, -0.05) is 23.7 Å². The van der Waals surface area contributed by atoms with Gasteiger partial charge in [0.05, 0.1) is 29.8 Å². The summed E-state index contributed by atoms with van der Waals surface area (Å²) in [4.78, 5) is 32.4. The van der Waals surface area contributed by atoms with E-state index in [4.69, 9.17) is 31.9 Å². The third-order valence-corrected chi connectivity index (χ3v) is 6.42. The molecule has 1 aromatic carbocycles. The lowest BCUT2D eigenvalue weighted by atomic mass is 10.0. The van der Waals surface area contributed by atoms with Crippen molar-refractivity contribution in [3.05, 3.63) is 52.0 Å². The summed E-state index contributed by atoms with van der Waals surface area (Å²) in [6.45, 7) is 3.89. The van der Waals surface area contributed by atoms with Crippen LogP contribution in [0.15, 0.2) is 30.3 Å². The van der Waals surface area contributed by atoms with Gasteiger partial charge in [0.1, 0.15) is 11.4 Å². The van der Waals surface area contributed by atoms with Gasteiger partial charge in [0, 0.05) is 39.8 Å². The normalized spacial score (nSPS) is 18.4. The molecule has 2 atom stereocenters. The molecule has 190 valence electrons. The van der Waals surface area contributed by atoms with E-state index < -0.39 is 5.97 Å². The number of nitrogens with two attached hydrogens (primary N) is 1. The zero-order valence-corrected chi connectivity index (χ0v) is 20.9. The van der Waals surface area contributed by atoms with Gasteiger partial charge in [0.25, 0.3) is 5.91 Å². The number of hydrogen-bond acceptors (Lipinski definition) is 8. The summed E-state index contributed by atoms with van der Waals surface area (Å²) in [5.74, 6) is -1.04. The number of nitrogen functional groups attached to an aromatic ring is 1. The molecule has 2 heterocycles. The summed E-state index contributed by atoms with van der Waals surface area (Å²) in [6.07, 6.45) is 0.549. The van der Waals surface area contributed by atoms with Crippen LogP contribution in [0.2, 0.25) is 5.02 Å². The fourth-order valence-corrected chi connectivity index (χ4v) is 4.24. The van der Waals surface area contributed by atoms with Crippen LogP contribution in [-0.4, -0.2) is 91.4 Å². The average molecular weight is 506 g/mol. The van der Waals surface area contributed by atoms with Crippen molar-refractivity contribution in [2.45, 2.75) is 25.1 Å². The second kappa shape index (κ2) is 12.2. The Hall–Kier alpha value is -2.92. The zero-order chi connectivity index (χ0) is 25.5. The first kappa shape index (κ1) is 26.7. The maximum atomic E-state index is 12.9. The van der Waals surface area contributed by atoms with Crippen LogP contribution in [0.3, 0.4) is 0 Å². The number of piperidine rings is 1. The number of amides is 1. The number of aromatic carboxylic acids is 1. The Morgan fingerprint density at radius 1 is 1.31 bits per heavy atom. The predicted octanol–water partition coefficient (Wildman–Crippen LogP) is 1.98. The van der Waals surface area contributed by atoms with Gasteiger partial charge in [-0.25, -0.2) is 4.79 Å². The predicted molar refractivity (Wildman–Crippen MR) is 133 cm³/mol. The van der Waals surface area contributed by atoms with E-state index in [0.29, 0.717) is 6.54 Å². The summed E-state index contributed by atoms with van der Waals surface area (Å²) in [7, 11) is 5.10. The first-order valence-corrected chi connectivity index (χ1v) is 11.7. The van der Waals surface area contributed by atoms with Gasteiger partial charge in [-0.05, 0) is 37.2 Å². The van der Waals surface area contributed by atoms with Crippen molar-refractivity contribution >= 4 is 29.3 Å². The molecule has 11 heteroatoms. The van der Waals surface area contributed by atoms with Gasteiger partial charge >= 0.3 is 5.97 Å². The number of benzene rings is 1. The third-order valence-electron chi connectivity index (χ3n) is 6.12. The Labute approximate surface area is 210 Å². The van der Waals surface area contributed by atoms with E-state index in [1.165, 1.54) is 13.2 Å². The van der Waals surface area contributed by atoms with Gasteiger partial charge in [-0.3, -0.25) is 9.69 Å².